The van der Waals surface area contributed by atoms with Gasteiger partial charge in [0, 0.05) is 6.42 Å². The molecule has 0 N–H and O–H groups in total. The molecule has 1 unspecified atom stereocenters. The van der Waals surface area contributed by atoms with E-state index in [-0.39, 0.29) is 11.9 Å². The van der Waals surface area contributed by atoms with Gasteiger partial charge < -0.3 is 4.42 Å². The van der Waals surface area contributed by atoms with Crippen molar-refractivity contribution in [2.24, 2.45) is 11.0 Å². The fourth-order valence-electron chi connectivity index (χ4n) is 4.59. The Bertz CT molecular complexity index is 1010. The van der Waals surface area contributed by atoms with Crippen LogP contribution in [0.3, 0.4) is 0 Å². The largest absolute Gasteiger partial charge is 0.467 e. The van der Waals surface area contributed by atoms with Gasteiger partial charge in [0.05, 0.1) is 23.4 Å². The number of benzene rings is 1. The minimum Gasteiger partial charge on any atom is -0.467 e. The van der Waals surface area contributed by atoms with E-state index in [4.69, 9.17) is 9.52 Å². The summed E-state index contributed by atoms with van der Waals surface area (Å²) >= 11 is 1.66. The topological polar surface area (TPSA) is 49.1 Å². The normalized spacial score (nSPS) is 20.2. The van der Waals surface area contributed by atoms with Gasteiger partial charge in [-0.3, -0.25) is 9.69 Å². The second kappa shape index (κ2) is 9.20. The number of likely N-dealkylation sites (tertiary alicyclic amines) is 1. The van der Waals surface area contributed by atoms with Gasteiger partial charge >= 0.3 is 0 Å². The summed E-state index contributed by atoms with van der Waals surface area (Å²) in [5.41, 5.74) is 2.37. The predicted octanol–water partition coefficient (Wildman–Crippen LogP) is 4.97. The molecule has 2 aliphatic heterocycles. The number of thiophene rings is 1. The SMILES string of the molecule is O=C(CN1CCC(Cc2ccccc2)CC1)N1N=C(c2cccs2)CC1c1ccco1. The highest BCUT2D eigenvalue weighted by molar-refractivity contribution is 7.12. The monoisotopic (exact) mass is 433 g/mol. The molecule has 2 aromatic heterocycles. The summed E-state index contributed by atoms with van der Waals surface area (Å²) in [5, 5.41) is 8.43. The molecule has 6 heteroatoms. The molecule has 1 aromatic carbocycles. The van der Waals surface area contributed by atoms with Crippen molar-refractivity contribution in [3.05, 3.63) is 82.4 Å². The first-order chi connectivity index (χ1) is 15.3. The molecule has 0 bridgehead atoms. The van der Waals surface area contributed by atoms with Crippen LogP contribution in [0.4, 0.5) is 0 Å². The minimum atomic E-state index is -0.157. The maximum absolute atomic E-state index is 13.2. The van der Waals surface area contributed by atoms with E-state index < -0.39 is 0 Å². The van der Waals surface area contributed by atoms with Gasteiger partial charge in [-0.15, -0.1) is 11.3 Å². The second-order valence-corrected chi connectivity index (χ2v) is 9.35. The van der Waals surface area contributed by atoms with Gasteiger partial charge in [0.25, 0.3) is 5.91 Å². The molecule has 1 atom stereocenters. The highest BCUT2D eigenvalue weighted by atomic mass is 32.1. The number of furan rings is 1. The third-order valence-electron chi connectivity index (χ3n) is 6.28. The third-order valence-corrected chi connectivity index (χ3v) is 7.20. The van der Waals surface area contributed by atoms with Gasteiger partial charge in [0.2, 0.25) is 0 Å². The smallest absolute Gasteiger partial charge is 0.257 e. The highest BCUT2D eigenvalue weighted by Crippen LogP contribution is 2.34. The molecule has 0 aliphatic carbocycles. The summed E-state index contributed by atoms with van der Waals surface area (Å²) in [5.74, 6) is 1.54. The van der Waals surface area contributed by atoms with E-state index in [1.807, 2.05) is 23.6 Å². The zero-order valence-electron chi connectivity index (χ0n) is 17.5. The predicted molar refractivity (Wildman–Crippen MR) is 123 cm³/mol. The maximum atomic E-state index is 13.2. The van der Waals surface area contributed by atoms with Crippen molar-refractivity contribution >= 4 is 23.0 Å². The van der Waals surface area contributed by atoms with E-state index in [1.165, 1.54) is 5.56 Å². The number of hydrogen-bond donors (Lipinski definition) is 0. The molecule has 1 amide bonds. The van der Waals surface area contributed by atoms with E-state index in [0.717, 1.165) is 48.7 Å². The molecule has 2 aliphatic rings. The molecule has 5 rings (SSSR count). The summed E-state index contributed by atoms with van der Waals surface area (Å²) in [6.07, 6.45) is 5.75. The Labute approximate surface area is 187 Å². The molecule has 160 valence electrons. The molecule has 31 heavy (non-hydrogen) atoms. The van der Waals surface area contributed by atoms with Crippen molar-refractivity contribution in [1.29, 1.82) is 0 Å². The zero-order chi connectivity index (χ0) is 21.0. The van der Waals surface area contributed by atoms with Crippen LogP contribution in [0.15, 0.2) is 75.8 Å². The van der Waals surface area contributed by atoms with Gasteiger partial charge in [-0.2, -0.15) is 5.10 Å². The van der Waals surface area contributed by atoms with Gasteiger partial charge in [-0.05, 0) is 67.4 Å². The van der Waals surface area contributed by atoms with Crippen molar-refractivity contribution in [1.82, 2.24) is 9.91 Å². The number of carbonyl (C=O) groups is 1. The van der Waals surface area contributed by atoms with Gasteiger partial charge in [0.15, 0.2) is 0 Å². The number of amides is 1. The van der Waals surface area contributed by atoms with E-state index >= 15 is 0 Å². The summed E-state index contributed by atoms with van der Waals surface area (Å²) < 4.78 is 5.65. The third kappa shape index (κ3) is 4.65. The first kappa shape index (κ1) is 20.2. The number of hydrazone groups is 1. The van der Waals surface area contributed by atoms with Crippen molar-refractivity contribution in [2.45, 2.75) is 31.7 Å². The molecule has 1 fully saturated rings. The Hall–Kier alpha value is -2.70. The number of rotatable bonds is 6. The van der Waals surface area contributed by atoms with Crippen LogP contribution >= 0.6 is 11.3 Å². The molecule has 0 spiro atoms. The maximum Gasteiger partial charge on any atom is 0.257 e. The average Bonchev–Trinajstić information content (AvgIpc) is 3.56. The first-order valence-electron chi connectivity index (χ1n) is 11.0. The summed E-state index contributed by atoms with van der Waals surface area (Å²) in [6.45, 7) is 2.34. The quantitative estimate of drug-likeness (QED) is 0.551. The van der Waals surface area contributed by atoms with Crippen LogP contribution in [0.2, 0.25) is 0 Å². The fourth-order valence-corrected chi connectivity index (χ4v) is 5.32. The summed E-state index contributed by atoms with van der Waals surface area (Å²) in [7, 11) is 0. The van der Waals surface area contributed by atoms with Crippen LogP contribution in [-0.2, 0) is 11.2 Å². The average molecular weight is 434 g/mol. The van der Waals surface area contributed by atoms with Crippen LogP contribution in [-0.4, -0.2) is 41.2 Å². The molecular weight excluding hydrogens is 406 g/mol. The molecule has 5 nitrogen and oxygen atoms in total. The summed E-state index contributed by atoms with van der Waals surface area (Å²) in [6, 6.07) is 18.4. The minimum absolute atomic E-state index is 0.0504. The highest BCUT2D eigenvalue weighted by Gasteiger charge is 2.36. The molecule has 0 saturated carbocycles. The van der Waals surface area contributed by atoms with Gasteiger partial charge in [-0.1, -0.05) is 36.4 Å². The van der Waals surface area contributed by atoms with E-state index in [2.05, 4.69) is 41.3 Å². The Balaban J connectivity index is 1.21. The lowest BCUT2D eigenvalue weighted by Gasteiger charge is -2.32. The van der Waals surface area contributed by atoms with Crippen molar-refractivity contribution < 1.29 is 9.21 Å². The van der Waals surface area contributed by atoms with E-state index in [9.17, 15) is 4.79 Å². The standard InChI is InChI=1S/C25H27N3O2S/c29-25(18-27-12-10-20(11-13-27)16-19-6-2-1-3-7-19)28-22(23-8-4-14-30-23)17-21(26-28)24-9-5-15-31-24/h1-9,14-15,20,22H,10-13,16-18H2. The number of hydrogen-bond acceptors (Lipinski definition) is 5. The van der Waals surface area contributed by atoms with Gasteiger partial charge in [0.1, 0.15) is 11.8 Å². The molecule has 4 heterocycles. The van der Waals surface area contributed by atoms with Crippen molar-refractivity contribution in [2.75, 3.05) is 19.6 Å². The van der Waals surface area contributed by atoms with E-state index in [0.29, 0.717) is 18.9 Å². The van der Waals surface area contributed by atoms with E-state index in [1.54, 1.807) is 22.6 Å². The number of piperidine rings is 1. The lowest BCUT2D eigenvalue weighted by molar-refractivity contribution is -0.135. The Morgan fingerprint density at radius 1 is 1.06 bits per heavy atom. The van der Waals surface area contributed by atoms with Gasteiger partial charge in [-0.25, -0.2) is 5.01 Å². The van der Waals surface area contributed by atoms with Crippen molar-refractivity contribution in [3.8, 4) is 0 Å². The molecule has 0 radical (unpaired) electrons. The molecular formula is C25H27N3O2S. The lowest BCUT2D eigenvalue weighted by atomic mass is 9.90. The van der Waals surface area contributed by atoms with Crippen LogP contribution in [0.25, 0.3) is 0 Å². The van der Waals surface area contributed by atoms with Crippen LogP contribution in [0.5, 0.6) is 0 Å². The number of carbonyl (C=O) groups excluding carboxylic acids is 1. The Kier molecular flexibility index (Phi) is 6.00. The van der Waals surface area contributed by atoms with Crippen molar-refractivity contribution in [3.63, 3.8) is 0 Å². The molecule has 3 aromatic rings. The van der Waals surface area contributed by atoms with Crippen LogP contribution < -0.4 is 0 Å². The molecule has 1 saturated heterocycles. The second-order valence-electron chi connectivity index (χ2n) is 8.41. The van der Waals surface area contributed by atoms with Crippen LogP contribution in [0.1, 0.15) is 41.5 Å². The number of nitrogens with zero attached hydrogens (tertiary/aromatic N) is 3. The Morgan fingerprint density at radius 3 is 2.61 bits per heavy atom. The lowest BCUT2D eigenvalue weighted by Crippen LogP contribution is -2.42. The zero-order valence-corrected chi connectivity index (χ0v) is 18.3. The first-order valence-corrected chi connectivity index (χ1v) is 11.9. The van der Waals surface area contributed by atoms with Crippen LogP contribution in [0, 0.1) is 5.92 Å². The fraction of sp³-hybridized carbons (Fsp3) is 0.360. The summed E-state index contributed by atoms with van der Waals surface area (Å²) in [4.78, 5) is 16.6. The Morgan fingerprint density at radius 2 is 1.90 bits per heavy atom.